The molecule has 0 rings (SSSR count). The van der Waals surface area contributed by atoms with E-state index < -0.39 is 0 Å². The molecule has 0 aromatic rings. The summed E-state index contributed by atoms with van der Waals surface area (Å²) in [5.41, 5.74) is 5.94. The molecule has 17 heavy (non-hydrogen) atoms. The molecular weight excluding hydrogens is 214 g/mol. The van der Waals surface area contributed by atoms with E-state index in [0.717, 1.165) is 19.7 Å². The van der Waals surface area contributed by atoms with Crippen LogP contribution < -0.4 is 5.73 Å². The summed E-state index contributed by atoms with van der Waals surface area (Å²) >= 11 is 0. The molecule has 0 aliphatic rings. The van der Waals surface area contributed by atoms with Crippen LogP contribution in [0.15, 0.2) is 0 Å². The topological polar surface area (TPSA) is 41.7 Å². The second-order valence-electron chi connectivity index (χ2n) is 5.18. The van der Waals surface area contributed by atoms with E-state index in [1.54, 1.807) is 7.11 Å². The average Bonchev–Trinajstić information content (AvgIpc) is 2.24. The lowest BCUT2D eigenvalue weighted by Gasteiger charge is -2.39. The van der Waals surface area contributed by atoms with Gasteiger partial charge in [-0.3, -0.25) is 4.90 Å². The van der Waals surface area contributed by atoms with Crippen molar-refractivity contribution < 1.29 is 4.74 Å². The highest BCUT2D eigenvalue weighted by Gasteiger charge is 2.26. The van der Waals surface area contributed by atoms with Gasteiger partial charge in [-0.05, 0) is 33.5 Å². The van der Waals surface area contributed by atoms with Gasteiger partial charge in [0.25, 0.3) is 0 Å². The van der Waals surface area contributed by atoms with Crippen LogP contribution in [0.3, 0.4) is 0 Å². The zero-order valence-electron chi connectivity index (χ0n) is 12.4. The summed E-state index contributed by atoms with van der Waals surface area (Å²) in [6.45, 7) is 10.2. The van der Waals surface area contributed by atoms with E-state index in [9.17, 15) is 0 Å². The van der Waals surface area contributed by atoms with Crippen LogP contribution >= 0.6 is 0 Å². The van der Waals surface area contributed by atoms with Crippen LogP contribution in [-0.4, -0.2) is 69.3 Å². The van der Waals surface area contributed by atoms with Crippen LogP contribution in [0.4, 0.5) is 0 Å². The molecule has 2 N–H and O–H groups in total. The van der Waals surface area contributed by atoms with E-state index in [4.69, 9.17) is 10.5 Å². The first-order valence-corrected chi connectivity index (χ1v) is 6.57. The zero-order chi connectivity index (χ0) is 13.4. The third-order valence-corrected chi connectivity index (χ3v) is 3.31. The lowest BCUT2D eigenvalue weighted by atomic mass is 9.99. The molecule has 3 atom stereocenters. The highest BCUT2D eigenvalue weighted by molar-refractivity contribution is 4.82. The SMILES string of the molecule is CCN(C(C)CN(C)C)C(CN)C(C)COC. The lowest BCUT2D eigenvalue weighted by Crippen LogP contribution is -2.52. The second-order valence-corrected chi connectivity index (χ2v) is 5.18. The van der Waals surface area contributed by atoms with Gasteiger partial charge in [-0.2, -0.15) is 0 Å². The van der Waals surface area contributed by atoms with Crippen molar-refractivity contribution in [3.05, 3.63) is 0 Å². The van der Waals surface area contributed by atoms with E-state index in [1.807, 2.05) is 0 Å². The Morgan fingerprint density at radius 2 is 1.82 bits per heavy atom. The summed E-state index contributed by atoms with van der Waals surface area (Å²) in [4.78, 5) is 4.71. The Bertz CT molecular complexity index is 188. The van der Waals surface area contributed by atoms with Crippen molar-refractivity contribution >= 4 is 0 Å². The van der Waals surface area contributed by atoms with Crippen LogP contribution in [-0.2, 0) is 4.74 Å². The van der Waals surface area contributed by atoms with Crippen molar-refractivity contribution in [1.29, 1.82) is 0 Å². The number of nitrogens with zero attached hydrogens (tertiary/aromatic N) is 2. The third-order valence-electron chi connectivity index (χ3n) is 3.31. The predicted octanol–water partition coefficient (Wildman–Crippen LogP) is 0.868. The summed E-state index contributed by atoms with van der Waals surface area (Å²) in [6.07, 6.45) is 0. The van der Waals surface area contributed by atoms with Gasteiger partial charge in [0, 0.05) is 32.3 Å². The van der Waals surface area contributed by atoms with E-state index >= 15 is 0 Å². The van der Waals surface area contributed by atoms with Crippen LogP contribution in [0.1, 0.15) is 20.8 Å². The Morgan fingerprint density at radius 3 is 2.18 bits per heavy atom. The highest BCUT2D eigenvalue weighted by atomic mass is 16.5. The molecule has 4 heteroatoms. The van der Waals surface area contributed by atoms with Crippen LogP contribution in [0.25, 0.3) is 0 Å². The van der Waals surface area contributed by atoms with E-state index in [-0.39, 0.29) is 0 Å². The molecule has 0 saturated heterocycles. The Hall–Kier alpha value is -0.160. The number of likely N-dealkylation sites (N-methyl/N-ethyl adjacent to an activating group) is 2. The molecule has 0 spiro atoms. The molecule has 0 radical (unpaired) electrons. The maximum absolute atomic E-state index is 5.94. The van der Waals surface area contributed by atoms with E-state index in [0.29, 0.717) is 24.5 Å². The minimum absolute atomic E-state index is 0.398. The van der Waals surface area contributed by atoms with Crippen molar-refractivity contribution in [1.82, 2.24) is 9.80 Å². The summed E-state index contributed by atoms with van der Waals surface area (Å²) in [5.74, 6) is 0.467. The lowest BCUT2D eigenvalue weighted by molar-refractivity contribution is 0.0585. The number of ether oxygens (including phenoxy) is 1. The maximum atomic E-state index is 5.94. The quantitative estimate of drug-likeness (QED) is 0.654. The van der Waals surface area contributed by atoms with Gasteiger partial charge in [0.2, 0.25) is 0 Å². The summed E-state index contributed by atoms with van der Waals surface area (Å²) in [6, 6.07) is 0.915. The fraction of sp³-hybridized carbons (Fsp3) is 1.00. The molecule has 0 saturated carbocycles. The fourth-order valence-corrected chi connectivity index (χ4v) is 2.57. The minimum atomic E-state index is 0.398. The summed E-state index contributed by atoms with van der Waals surface area (Å²) in [7, 11) is 5.98. The minimum Gasteiger partial charge on any atom is -0.384 e. The van der Waals surface area contributed by atoms with Gasteiger partial charge in [0.05, 0.1) is 6.61 Å². The number of methoxy groups -OCH3 is 1. The monoisotopic (exact) mass is 245 g/mol. The maximum Gasteiger partial charge on any atom is 0.0503 e. The molecule has 4 nitrogen and oxygen atoms in total. The first-order valence-electron chi connectivity index (χ1n) is 6.57. The molecule has 0 aliphatic heterocycles. The summed E-state index contributed by atoms with van der Waals surface area (Å²) < 4.78 is 5.25. The first-order chi connectivity index (χ1) is 7.97. The highest BCUT2D eigenvalue weighted by Crippen LogP contribution is 2.14. The van der Waals surface area contributed by atoms with Crippen molar-refractivity contribution in [2.75, 3.05) is 47.4 Å². The Balaban J connectivity index is 4.56. The normalized spacial score (nSPS) is 17.5. The first kappa shape index (κ1) is 16.8. The molecule has 104 valence electrons. The standard InChI is InChI=1S/C13H31N3O/c1-7-16(12(3)9-15(4)5)13(8-14)11(2)10-17-6/h11-13H,7-10,14H2,1-6H3. The molecule has 0 fully saturated rings. The Kier molecular flexibility index (Phi) is 8.78. The van der Waals surface area contributed by atoms with Crippen LogP contribution in [0, 0.1) is 5.92 Å². The van der Waals surface area contributed by atoms with Gasteiger partial charge in [-0.1, -0.05) is 13.8 Å². The molecule has 0 aromatic carbocycles. The molecule has 3 unspecified atom stereocenters. The number of nitrogens with two attached hydrogens (primary N) is 1. The van der Waals surface area contributed by atoms with Crippen molar-refractivity contribution in [3.63, 3.8) is 0 Å². The van der Waals surface area contributed by atoms with Gasteiger partial charge >= 0.3 is 0 Å². The van der Waals surface area contributed by atoms with Crippen LogP contribution in [0.5, 0.6) is 0 Å². The molecule has 0 heterocycles. The van der Waals surface area contributed by atoms with Gasteiger partial charge in [0.1, 0.15) is 0 Å². The molecular formula is C13H31N3O. The number of hydrogen-bond donors (Lipinski definition) is 1. The van der Waals surface area contributed by atoms with Gasteiger partial charge in [-0.15, -0.1) is 0 Å². The molecule has 0 amide bonds. The molecule has 0 bridgehead atoms. The predicted molar refractivity (Wildman–Crippen MR) is 74.3 cm³/mol. The van der Waals surface area contributed by atoms with Crippen molar-refractivity contribution in [2.45, 2.75) is 32.9 Å². The largest absolute Gasteiger partial charge is 0.384 e. The number of rotatable bonds is 9. The van der Waals surface area contributed by atoms with Gasteiger partial charge in [-0.25, -0.2) is 0 Å². The van der Waals surface area contributed by atoms with Gasteiger partial charge in [0.15, 0.2) is 0 Å². The molecule has 0 aliphatic carbocycles. The smallest absolute Gasteiger partial charge is 0.0503 e. The second kappa shape index (κ2) is 8.86. The molecule has 0 aromatic heterocycles. The fourth-order valence-electron chi connectivity index (χ4n) is 2.57. The third kappa shape index (κ3) is 5.82. The van der Waals surface area contributed by atoms with Crippen molar-refractivity contribution in [2.24, 2.45) is 11.7 Å². The van der Waals surface area contributed by atoms with Gasteiger partial charge < -0.3 is 15.4 Å². The average molecular weight is 245 g/mol. The Morgan fingerprint density at radius 1 is 1.24 bits per heavy atom. The van der Waals surface area contributed by atoms with E-state index in [1.165, 1.54) is 0 Å². The van der Waals surface area contributed by atoms with Crippen molar-refractivity contribution in [3.8, 4) is 0 Å². The van der Waals surface area contributed by atoms with E-state index in [2.05, 4.69) is 44.7 Å². The zero-order valence-corrected chi connectivity index (χ0v) is 12.4. The summed E-state index contributed by atoms with van der Waals surface area (Å²) in [5, 5.41) is 0. The Labute approximate surface area is 107 Å². The number of hydrogen-bond acceptors (Lipinski definition) is 4. The van der Waals surface area contributed by atoms with Crippen LogP contribution in [0.2, 0.25) is 0 Å².